The predicted octanol–water partition coefficient (Wildman–Crippen LogP) is -0.908. The summed E-state index contributed by atoms with van der Waals surface area (Å²) in [4.78, 5) is 0. The van der Waals surface area contributed by atoms with Gasteiger partial charge in [-0.15, -0.1) is 6.58 Å². The molecule has 0 fully saturated rings. The molecule has 0 aromatic heterocycles. The average Bonchev–Trinajstić information content (AvgIpc) is 0.918. The molecule has 0 atom stereocenters. The van der Waals surface area contributed by atoms with E-state index < -0.39 is 0 Å². The summed E-state index contributed by atoms with van der Waals surface area (Å²) >= 11 is 0. The van der Waals surface area contributed by atoms with Crippen molar-refractivity contribution in [2.45, 2.75) is 6.92 Å². The molecule has 0 bridgehead atoms. The van der Waals surface area contributed by atoms with E-state index in [2.05, 4.69) is 6.58 Å². The standard InChI is InChI=1S/C3H6.Al.Mg.5H/c1-3-2;;;;;;;/h3H,1H2,2H3;;;;;;;. The largest absolute Gasteiger partial charge is 0.316 e. The molecule has 0 rings (SSSR count). The molecule has 0 amide bonds. The Bertz CT molecular complexity index is 14.4. The molecule has 0 unspecified atom stereocenters. The summed E-state index contributed by atoms with van der Waals surface area (Å²) in [6, 6.07) is 0. The van der Waals surface area contributed by atoms with E-state index in [0.29, 0.717) is 0 Å². The topological polar surface area (TPSA) is 0 Å². The zero-order valence-electron chi connectivity index (χ0n) is 2.28. The summed E-state index contributed by atoms with van der Waals surface area (Å²) in [6.45, 7) is 5.25. The van der Waals surface area contributed by atoms with Crippen LogP contribution in [0.4, 0.5) is 0 Å². The van der Waals surface area contributed by atoms with Crippen LogP contribution in [0.1, 0.15) is 6.92 Å². The van der Waals surface area contributed by atoms with Gasteiger partial charge in [0.15, 0.2) is 17.4 Å². The van der Waals surface area contributed by atoms with Gasteiger partial charge in [-0.1, -0.05) is 6.08 Å². The molecule has 28 valence electrons. The highest BCUT2D eigenvalue weighted by atomic mass is 27.0. The molecule has 0 aliphatic carbocycles. The average molecular weight is 98.4 g/mol. The summed E-state index contributed by atoms with van der Waals surface area (Å²) < 4.78 is 0. The summed E-state index contributed by atoms with van der Waals surface area (Å²) in [5.41, 5.74) is 0. The van der Waals surface area contributed by atoms with Gasteiger partial charge in [-0.3, -0.25) is 0 Å². The smallest absolute Gasteiger partial charge is 0.103 e. The maximum Gasteiger partial charge on any atom is 0.316 e. The van der Waals surface area contributed by atoms with E-state index >= 15 is 0 Å². The molecule has 0 aliphatic heterocycles. The Kier molecular flexibility index (Phi) is 65.7. The van der Waals surface area contributed by atoms with Crippen LogP contribution in [-0.4, -0.2) is 40.4 Å². The zero-order valence-corrected chi connectivity index (χ0v) is 2.28. The summed E-state index contributed by atoms with van der Waals surface area (Å²) in [6.07, 6.45) is 1.75. The van der Waals surface area contributed by atoms with Crippen LogP contribution in [0.15, 0.2) is 12.7 Å². The molecular formula is C3H11AlMg. The second-order valence-corrected chi connectivity index (χ2v) is 0.408. The molecule has 0 aliphatic rings. The van der Waals surface area contributed by atoms with E-state index in [4.69, 9.17) is 0 Å². The molecule has 5 heavy (non-hydrogen) atoms. The number of hydrogen-bond donors (Lipinski definition) is 0. The number of allylic oxidation sites excluding steroid dienone is 1. The molecule has 0 spiro atoms. The van der Waals surface area contributed by atoms with Gasteiger partial charge < -0.3 is 0 Å². The summed E-state index contributed by atoms with van der Waals surface area (Å²) in [5, 5.41) is 0. The molecule has 0 saturated carbocycles. The molecule has 0 heterocycles. The second kappa shape index (κ2) is 19.8. The van der Waals surface area contributed by atoms with Crippen molar-refractivity contribution in [3.63, 3.8) is 0 Å². The monoisotopic (exact) mass is 98.1 g/mol. The first-order valence-electron chi connectivity index (χ1n) is 0.986. The van der Waals surface area contributed by atoms with Crippen LogP contribution in [0.25, 0.3) is 0 Å². The highest BCUT2D eigenvalue weighted by Crippen LogP contribution is 1.38. The third kappa shape index (κ3) is 43.1. The second-order valence-electron chi connectivity index (χ2n) is 0.408. The fraction of sp³-hybridized carbons (Fsp3) is 0.333. The van der Waals surface area contributed by atoms with E-state index in [0.717, 1.165) is 0 Å². The van der Waals surface area contributed by atoms with Gasteiger partial charge in [0.2, 0.25) is 0 Å². The van der Waals surface area contributed by atoms with Crippen LogP contribution in [-0.2, 0) is 0 Å². The molecule has 2 heteroatoms. The Morgan fingerprint density at radius 1 is 1.60 bits per heavy atom. The van der Waals surface area contributed by atoms with Crippen LogP contribution < -0.4 is 0 Å². The first kappa shape index (κ1) is 16.6. The first-order chi connectivity index (χ1) is 1.41. The Labute approximate surface area is 59.9 Å². The van der Waals surface area contributed by atoms with Crippen molar-refractivity contribution in [2.24, 2.45) is 0 Å². The minimum atomic E-state index is 0. The van der Waals surface area contributed by atoms with Gasteiger partial charge in [0.25, 0.3) is 0 Å². The van der Waals surface area contributed by atoms with E-state index in [1.165, 1.54) is 0 Å². The van der Waals surface area contributed by atoms with Gasteiger partial charge in [-0.2, -0.15) is 0 Å². The molecule has 0 N–H and O–H groups in total. The molecule has 0 radical (unpaired) electrons. The van der Waals surface area contributed by atoms with Crippen LogP contribution in [0.5, 0.6) is 0 Å². The number of rotatable bonds is 0. The summed E-state index contributed by atoms with van der Waals surface area (Å²) in [7, 11) is 0. The van der Waals surface area contributed by atoms with Gasteiger partial charge in [0.05, 0.1) is 0 Å². The molecule has 0 saturated heterocycles. The lowest BCUT2D eigenvalue weighted by atomic mass is 10.8. The minimum absolute atomic E-state index is 0. The molecule has 0 aromatic rings. The Morgan fingerprint density at radius 3 is 1.60 bits per heavy atom. The zero-order chi connectivity index (χ0) is 2.71. The van der Waals surface area contributed by atoms with E-state index in [1.54, 1.807) is 6.08 Å². The highest BCUT2D eigenvalue weighted by molar-refractivity contribution is 5.76. The SMILES string of the molecule is C=CC.[AlH3].[MgH2]. The van der Waals surface area contributed by atoms with Gasteiger partial charge >= 0.3 is 23.1 Å². The third-order valence-corrected chi connectivity index (χ3v) is 0. The van der Waals surface area contributed by atoms with Crippen molar-refractivity contribution in [3.05, 3.63) is 12.7 Å². The fourth-order valence-electron chi connectivity index (χ4n) is 0. The lowest BCUT2D eigenvalue weighted by molar-refractivity contribution is 1.80. The van der Waals surface area contributed by atoms with Crippen LogP contribution in [0, 0.1) is 0 Å². The maximum absolute atomic E-state index is 3.36. The fourth-order valence-corrected chi connectivity index (χ4v) is 0. The minimum Gasteiger partial charge on any atom is -0.103 e. The quantitative estimate of drug-likeness (QED) is 0.272. The van der Waals surface area contributed by atoms with Crippen molar-refractivity contribution >= 4 is 40.4 Å². The van der Waals surface area contributed by atoms with Crippen molar-refractivity contribution in [1.29, 1.82) is 0 Å². The van der Waals surface area contributed by atoms with Crippen LogP contribution >= 0.6 is 0 Å². The van der Waals surface area contributed by atoms with E-state index in [1.807, 2.05) is 6.92 Å². The first-order valence-corrected chi connectivity index (χ1v) is 0.986. The van der Waals surface area contributed by atoms with E-state index in [-0.39, 0.29) is 40.4 Å². The lowest BCUT2D eigenvalue weighted by Crippen LogP contribution is -1.07. The number of hydrogen-bond acceptors (Lipinski definition) is 0. The van der Waals surface area contributed by atoms with Crippen LogP contribution in [0.2, 0.25) is 0 Å². The molecule has 0 nitrogen and oxygen atoms in total. The van der Waals surface area contributed by atoms with Crippen molar-refractivity contribution in [2.75, 3.05) is 0 Å². The van der Waals surface area contributed by atoms with Gasteiger partial charge in [-0.25, -0.2) is 0 Å². The maximum atomic E-state index is 3.36. The Balaban J connectivity index is -0.0000000200. The van der Waals surface area contributed by atoms with Gasteiger partial charge in [-0.05, 0) is 6.92 Å². The van der Waals surface area contributed by atoms with Crippen LogP contribution in [0.3, 0.4) is 0 Å². The normalized spacial score (nSPS) is 2.60. The summed E-state index contributed by atoms with van der Waals surface area (Å²) in [5.74, 6) is 0. The van der Waals surface area contributed by atoms with Crippen molar-refractivity contribution < 1.29 is 0 Å². The Hall–Kier alpha value is 1.04. The molecule has 0 aromatic carbocycles. The van der Waals surface area contributed by atoms with Gasteiger partial charge in [0.1, 0.15) is 0 Å². The van der Waals surface area contributed by atoms with Crippen molar-refractivity contribution in [1.82, 2.24) is 0 Å². The predicted molar refractivity (Wildman–Crippen MR) is 34.4 cm³/mol. The van der Waals surface area contributed by atoms with Gasteiger partial charge in [0, 0.05) is 0 Å². The van der Waals surface area contributed by atoms with E-state index in [9.17, 15) is 0 Å². The third-order valence-electron chi connectivity index (χ3n) is 0. The lowest BCUT2D eigenvalue weighted by Gasteiger charge is -1.31. The highest BCUT2D eigenvalue weighted by Gasteiger charge is 1.15. The molecular weight excluding hydrogens is 87.3 g/mol. The van der Waals surface area contributed by atoms with Crippen molar-refractivity contribution in [3.8, 4) is 0 Å². The Morgan fingerprint density at radius 2 is 1.60 bits per heavy atom.